The third-order valence-electron chi connectivity index (χ3n) is 5.56. The van der Waals surface area contributed by atoms with E-state index in [9.17, 15) is 9.18 Å². The van der Waals surface area contributed by atoms with Crippen LogP contribution in [0.1, 0.15) is 24.1 Å². The Balaban J connectivity index is 1.51. The van der Waals surface area contributed by atoms with Crippen LogP contribution in [0.2, 0.25) is 0 Å². The number of ether oxygens (including phenoxy) is 2. The highest BCUT2D eigenvalue weighted by molar-refractivity contribution is 6.06. The minimum Gasteiger partial charge on any atom is -0.481 e. The molecule has 2 aromatic rings. The van der Waals surface area contributed by atoms with Crippen LogP contribution >= 0.6 is 0 Å². The molecule has 1 aromatic heterocycles. The molecule has 2 aliphatic heterocycles. The number of nitrogens with zero attached hydrogens (tertiary/aromatic N) is 4. The number of rotatable bonds is 5. The smallest absolute Gasteiger partial charge is 0.338 e. The Morgan fingerprint density at radius 1 is 1.23 bits per heavy atom. The number of urea groups is 1. The van der Waals surface area contributed by atoms with E-state index in [1.54, 1.807) is 31.5 Å². The van der Waals surface area contributed by atoms with Crippen LogP contribution in [0.15, 0.2) is 47.7 Å². The molecule has 0 radical (unpaired) electrons. The first-order chi connectivity index (χ1) is 15.0. The lowest BCUT2D eigenvalue weighted by Crippen LogP contribution is -2.49. The van der Waals surface area contributed by atoms with Gasteiger partial charge in [0.2, 0.25) is 5.88 Å². The van der Waals surface area contributed by atoms with Gasteiger partial charge in [-0.1, -0.05) is 18.2 Å². The molecule has 1 N–H and O–H groups in total. The van der Waals surface area contributed by atoms with Crippen molar-refractivity contribution < 1.29 is 18.7 Å². The number of hydrogen-bond acceptors (Lipinski definition) is 6. The van der Waals surface area contributed by atoms with Crippen molar-refractivity contribution in [2.24, 2.45) is 5.10 Å². The number of aromatic nitrogens is 1. The summed E-state index contributed by atoms with van der Waals surface area (Å²) < 4.78 is 24.0. The Morgan fingerprint density at radius 3 is 2.61 bits per heavy atom. The lowest BCUT2D eigenvalue weighted by molar-refractivity contribution is 0.0277. The van der Waals surface area contributed by atoms with Crippen LogP contribution in [0.4, 0.5) is 9.18 Å². The second-order valence-corrected chi connectivity index (χ2v) is 7.54. The molecule has 9 heteroatoms. The van der Waals surface area contributed by atoms with Gasteiger partial charge in [0, 0.05) is 25.4 Å². The van der Waals surface area contributed by atoms with Gasteiger partial charge in [0.1, 0.15) is 5.82 Å². The van der Waals surface area contributed by atoms with E-state index in [4.69, 9.17) is 9.47 Å². The van der Waals surface area contributed by atoms with Crippen LogP contribution in [0.5, 0.6) is 5.88 Å². The summed E-state index contributed by atoms with van der Waals surface area (Å²) in [5.74, 6) is 0.213. The van der Waals surface area contributed by atoms with Gasteiger partial charge in [0.05, 0.1) is 44.7 Å². The lowest BCUT2D eigenvalue weighted by atomic mass is 10.0. The number of carbonyl (C=O) groups is 1. The van der Waals surface area contributed by atoms with E-state index in [1.165, 1.54) is 17.1 Å². The normalized spacial score (nSPS) is 20.3. The second-order valence-electron chi connectivity index (χ2n) is 7.54. The molecule has 0 aliphatic carbocycles. The molecule has 2 aliphatic rings. The average molecular weight is 427 g/mol. The van der Waals surface area contributed by atoms with Gasteiger partial charge < -0.3 is 14.8 Å². The number of benzene rings is 1. The van der Waals surface area contributed by atoms with Crippen molar-refractivity contribution in [3.63, 3.8) is 0 Å². The lowest BCUT2D eigenvalue weighted by Gasteiger charge is -2.32. The van der Waals surface area contributed by atoms with Crippen LogP contribution in [0.3, 0.4) is 0 Å². The molecule has 0 spiro atoms. The minimum atomic E-state index is -0.304. The van der Waals surface area contributed by atoms with E-state index in [0.717, 1.165) is 29.9 Å². The maximum absolute atomic E-state index is 13.4. The van der Waals surface area contributed by atoms with E-state index >= 15 is 0 Å². The van der Waals surface area contributed by atoms with Gasteiger partial charge in [-0.15, -0.1) is 0 Å². The molecule has 1 fully saturated rings. The summed E-state index contributed by atoms with van der Waals surface area (Å²) >= 11 is 0. The monoisotopic (exact) mass is 427 g/mol. The first-order valence-electron chi connectivity index (χ1n) is 10.3. The Kier molecular flexibility index (Phi) is 6.43. The van der Waals surface area contributed by atoms with Gasteiger partial charge in [-0.05, 0) is 30.2 Å². The third kappa shape index (κ3) is 4.83. The van der Waals surface area contributed by atoms with Gasteiger partial charge >= 0.3 is 6.03 Å². The maximum atomic E-state index is 13.4. The molecule has 31 heavy (non-hydrogen) atoms. The fourth-order valence-electron chi connectivity index (χ4n) is 3.78. The van der Waals surface area contributed by atoms with Gasteiger partial charge in [-0.3, -0.25) is 4.90 Å². The number of morpholine rings is 1. The number of halogens is 1. The molecule has 0 unspecified atom stereocenters. The van der Waals surface area contributed by atoms with Crippen LogP contribution in [0.25, 0.3) is 0 Å². The Hall–Kier alpha value is -3.04. The predicted octanol–water partition coefficient (Wildman–Crippen LogP) is 2.42. The summed E-state index contributed by atoms with van der Waals surface area (Å²) in [5.41, 5.74) is 2.43. The summed E-state index contributed by atoms with van der Waals surface area (Å²) in [5, 5.41) is 9.04. The SMILES string of the molecule is COc1ccc([C@@H](C)NC(=O)N2C[C@H](N3CCOCC3)C(c3ccc(F)cc3)=N2)cn1. The number of pyridine rings is 1. The summed E-state index contributed by atoms with van der Waals surface area (Å²) in [6.07, 6.45) is 1.68. The summed E-state index contributed by atoms with van der Waals surface area (Å²) in [4.78, 5) is 19.4. The number of hydrazone groups is 1. The highest BCUT2D eigenvalue weighted by Gasteiger charge is 2.36. The topological polar surface area (TPSA) is 79.3 Å². The molecule has 1 aromatic carbocycles. The molecule has 0 saturated carbocycles. The zero-order valence-electron chi connectivity index (χ0n) is 17.6. The Bertz CT molecular complexity index is 929. The highest BCUT2D eigenvalue weighted by atomic mass is 19.1. The summed E-state index contributed by atoms with van der Waals surface area (Å²) in [6, 6.07) is 9.24. The van der Waals surface area contributed by atoms with E-state index in [0.29, 0.717) is 25.6 Å². The van der Waals surface area contributed by atoms with Crippen LogP contribution < -0.4 is 10.1 Å². The van der Waals surface area contributed by atoms with Gasteiger partial charge in [-0.2, -0.15) is 5.10 Å². The van der Waals surface area contributed by atoms with E-state index in [-0.39, 0.29) is 23.9 Å². The molecular weight excluding hydrogens is 401 g/mol. The van der Waals surface area contributed by atoms with Crippen LogP contribution in [-0.4, -0.2) is 72.6 Å². The van der Waals surface area contributed by atoms with Crippen molar-refractivity contribution in [1.82, 2.24) is 20.2 Å². The summed E-state index contributed by atoms with van der Waals surface area (Å²) in [6.45, 7) is 5.11. The minimum absolute atomic E-state index is 0.0712. The standard InChI is InChI=1S/C22H26FN5O3/c1-15(17-5-8-20(30-2)24-13-17)25-22(29)28-14-19(27-9-11-31-12-10-27)21(26-28)16-3-6-18(23)7-4-16/h3-8,13,15,19H,9-12,14H2,1-2H3,(H,25,29)/t15-,19+/m1/s1. The average Bonchev–Trinajstić information content (AvgIpc) is 3.26. The fourth-order valence-corrected chi connectivity index (χ4v) is 3.78. The quantitative estimate of drug-likeness (QED) is 0.793. The molecule has 164 valence electrons. The molecule has 8 nitrogen and oxygen atoms in total. The zero-order chi connectivity index (χ0) is 21.8. The second kappa shape index (κ2) is 9.40. The Labute approximate surface area is 180 Å². The van der Waals surface area contributed by atoms with Crippen molar-refractivity contribution in [2.45, 2.75) is 19.0 Å². The van der Waals surface area contributed by atoms with Crippen molar-refractivity contribution >= 4 is 11.7 Å². The Morgan fingerprint density at radius 2 is 1.97 bits per heavy atom. The third-order valence-corrected chi connectivity index (χ3v) is 5.56. The summed E-state index contributed by atoms with van der Waals surface area (Å²) in [7, 11) is 1.56. The van der Waals surface area contributed by atoms with Gasteiger partial charge in [-0.25, -0.2) is 19.2 Å². The van der Waals surface area contributed by atoms with Crippen LogP contribution in [0, 0.1) is 5.82 Å². The number of amides is 2. The van der Waals surface area contributed by atoms with Gasteiger partial charge in [0.15, 0.2) is 0 Å². The van der Waals surface area contributed by atoms with Crippen molar-refractivity contribution in [3.8, 4) is 5.88 Å². The van der Waals surface area contributed by atoms with Gasteiger partial charge in [0.25, 0.3) is 0 Å². The number of nitrogens with one attached hydrogen (secondary N) is 1. The molecule has 0 bridgehead atoms. The van der Waals surface area contributed by atoms with Crippen molar-refractivity contribution in [2.75, 3.05) is 40.0 Å². The largest absolute Gasteiger partial charge is 0.481 e. The fraction of sp³-hybridized carbons (Fsp3) is 0.409. The molecule has 3 heterocycles. The predicted molar refractivity (Wildman–Crippen MR) is 114 cm³/mol. The van der Waals surface area contributed by atoms with Crippen LogP contribution in [-0.2, 0) is 4.74 Å². The highest BCUT2D eigenvalue weighted by Crippen LogP contribution is 2.22. The maximum Gasteiger partial charge on any atom is 0.338 e. The van der Waals surface area contributed by atoms with E-state index < -0.39 is 0 Å². The molecule has 4 rings (SSSR count). The molecule has 2 atom stereocenters. The van der Waals surface area contributed by atoms with E-state index in [2.05, 4.69) is 20.3 Å². The first kappa shape index (κ1) is 21.2. The molecule has 2 amide bonds. The number of hydrogen-bond donors (Lipinski definition) is 1. The molecule has 1 saturated heterocycles. The number of methoxy groups -OCH3 is 1. The first-order valence-corrected chi connectivity index (χ1v) is 10.3. The zero-order valence-corrected chi connectivity index (χ0v) is 17.6. The van der Waals surface area contributed by atoms with E-state index in [1.807, 2.05) is 13.0 Å². The molecular formula is C22H26FN5O3. The van der Waals surface area contributed by atoms with Crippen molar-refractivity contribution in [3.05, 3.63) is 59.5 Å². The van der Waals surface area contributed by atoms with Crippen molar-refractivity contribution in [1.29, 1.82) is 0 Å². The number of carbonyl (C=O) groups excluding carboxylic acids is 1.